The maximum Gasteiger partial charge on any atom is 0.417 e. The lowest BCUT2D eigenvalue weighted by Gasteiger charge is -2.27. The van der Waals surface area contributed by atoms with E-state index in [0.717, 1.165) is 0 Å². The van der Waals surface area contributed by atoms with E-state index in [9.17, 15) is 19.2 Å². The molecule has 0 radical (unpaired) electrons. The molecule has 0 rings (SSSR count). The van der Waals surface area contributed by atoms with E-state index >= 15 is 0 Å². The molecule has 0 aliphatic rings. The molecule has 0 atom stereocenters. The van der Waals surface area contributed by atoms with Gasteiger partial charge in [-0.25, -0.2) is 9.59 Å². The van der Waals surface area contributed by atoms with Crippen LogP contribution in [-0.4, -0.2) is 61.1 Å². The maximum absolute atomic E-state index is 12.2. The topological polar surface area (TPSA) is 163 Å². The number of carbonyl (C=O) groups is 4. The standard InChI is InChI=1S/C20H38N4O6/c1-17(2,15(27)23-9-19(5,6)21)11-29-13(25)14(26)30-12-18(3,4)16(28)24-10-20(7,8)22/h9-12,21-22H2,1-8H3,(H,23,27)(H,24,28). The van der Waals surface area contributed by atoms with Crippen molar-refractivity contribution in [2.45, 2.75) is 66.5 Å². The zero-order valence-corrected chi connectivity index (χ0v) is 19.4. The minimum absolute atomic E-state index is 0.240. The van der Waals surface area contributed by atoms with E-state index in [4.69, 9.17) is 20.9 Å². The predicted molar refractivity (Wildman–Crippen MR) is 112 cm³/mol. The van der Waals surface area contributed by atoms with E-state index in [1.54, 1.807) is 55.4 Å². The molecule has 10 nitrogen and oxygen atoms in total. The Bertz CT molecular complexity index is 589. The molecule has 0 aromatic rings. The van der Waals surface area contributed by atoms with E-state index in [1.165, 1.54) is 0 Å². The molecule has 0 fully saturated rings. The van der Waals surface area contributed by atoms with Gasteiger partial charge in [0.2, 0.25) is 11.8 Å². The molecular weight excluding hydrogens is 392 g/mol. The van der Waals surface area contributed by atoms with Crippen LogP contribution in [0.4, 0.5) is 0 Å². The van der Waals surface area contributed by atoms with Crippen molar-refractivity contribution in [3.8, 4) is 0 Å². The van der Waals surface area contributed by atoms with Crippen molar-refractivity contribution in [2.75, 3.05) is 26.3 Å². The van der Waals surface area contributed by atoms with Gasteiger partial charge in [-0.3, -0.25) is 9.59 Å². The third-order valence-electron chi connectivity index (χ3n) is 3.93. The summed E-state index contributed by atoms with van der Waals surface area (Å²) >= 11 is 0. The number of hydrogen-bond donors (Lipinski definition) is 4. The second-order valence-electron chi connectivity index (χ2n) is 10.3. The monoisotopic (exact) mass is 430 g/mol. The Balaban J connectivity index is 4.58. The first-order chi connectivity index (χ1) is 13.3. The lowest BCUT2D eigenvalue weighted by atomic mass is 9.93. The summed E-state index contributed by atoms with van der Waals surface area (Å²) in [6, 6.07) is 0. The summed E-state index contributed by atoms with van der Waals surface area (Å²) < 4.78 is 9.83. The van der Waals surface area contributed by atoms with Gasteiger partial charge in [0.05, 0.1) is 10.8 Å². The van der Waals surface area contributed by atoms with E-state index < -0.39 is 33.8 Å². The summed E-state index contributed by atoms with van der Waals surface area (Å²) in [6.07, 6.45) is 0. The highest BCUT2D eigenvalue weighted by atomic mass is 16.6. The van der Waals surface area contributed by atoms with Crippen molar-refractivity contribution >= 4 is 23.8 Å². The molecule has 0 unspecified atom stereocenters. The second kappa shape index (κ2) is 10.2. The normalized spacial score (nSPS) is 12.7. The Morgan fingerprint density at radius 1 is 0.633 bits per heavy atom. The molecule has 0 aliphatic heterocycles. The van der Waals surface area contributed by atoms with Crippen LogP contribution in [0, 0.1) is 10.8 Å². The van der Waals surface area contributed by atoms with Crippen LogP contribution in [0.1, 0.15) is 55.4 Å². The van der Waals surface area contributed by atoms with Crippen molar-refractivity contribution in [1.29, 1.82) is 0 Å². The Hall–Kier alpha value is -2.20. The highest BCUT2D eigenvalue weighted by Gasteiger charge is 2.34. The average Bonchev–Trinajstić information content (AvgIpc) is 2.58. The lowest BCUT2D eigenvalue weighted by molar-refractivity contribution is -0.172. The van der Waals surface area contributed by atoms with Crippen LogP contribution in [0.3, 0.4) is 0 Å². The number of carbonyl (C=O) groups excluding carboxylic acids is 4. The number of hydrogen-bond acceptors (Lipinski definition) is 8. The minimum atomic E-state index is -1.24. The SMILES string of the molecule is CC(C)(N)CNC(=O)C(C)(C)COC(=O)C(=O)OCC(C)(C)C(=O)NCC(C)(C)N. The van der Waals surface area contributed by atoms with Gasteiger partial charge < -0.3 is 31.6 Å². The summed E-state index contributed by atoms with van der Waals surface area (Å²) in [5.41, 5.74) is 8.31. The summed E-state index contributed by atoms with van der Waals surface area (Å²) in [5.74, 6) is -3.23. The van der Waals surface area contributed by atoms with Gasteiger partial charge in [0.25, 0.3) is 0 Å². The molecule has 10 heteroatoms. The first-order valence-electron chi connectivity index (χ1n) is 9.75. The Morgan fingerprint density at radius 2 is 0.900 bits per heavy atom. The van der Waals surface area contributed by atoms with Crippen molar-refractivity contribution < 1.29 is 28.7 Å². The smallest absolute Gasteiger partial charge is 0.417 e. The molecule has 2 amide bonds. The zero-order chi connectivity index (χ0) is 24.0. The molecule has 174 valence electrons. The summed E-state index contributed by atoms with van der Waals surface area (Å²) in [6.45, 7) is 13.1. The molecule has 0 aliphatic carbocycles. The fraction of sp³-hybridized carbons (Fsp3) is 0.800. The van der Waals surface area contributed by atoms with Crippen LogP contribution in [0.2, 0.25) is 0 Å². The van der Waals surface area contributed by atoms with Crippen molar-refractivity contribution in [2.24, 2.45) is 22.3 Å². The van der Waals surface area contributed by atoms with Crippen LogP contribution in [0.25, 0.3) is 0 Å². The van der Waals surface area contributed by atoms with E-state index in [1.807, 2.05) is 0 Å². The second-order valence-corrected chi connectivity index (χ2v) is 10.3. The molecule has 0 aromatic heterocycles. The van der Waals surface area contributed by atoms with Gasteiger partial charge in [-0.2, -0.15) is 0 Å². The molecule has 0 spiro atoms. The quantitative estimate of drug-likeness (QED) is 0.274. The highest BCUT2D eigenvalue weighted by Crippen LogP contribution is 2.18. The van der Waals surface area contributed by atoms with Crippen LogP contribution in [0.15, 0.2) is 0 Å². The number of esters is 2. The number of nitrogens with one attached hydrogen (secondary N) is 2. The number of amides is 2. The largest absolute Gasteiger partial charge is 0.456 e. The van der Waals surface area contributed by atoms with Gasteiger partial charge in [-0.15, -0.1) is 0 Å². The summed E-state index contributed by atoms with van der Waals surface area (Å²) in [5, 5.41) is 5.34. The van der Waals surface area contributed by atoms with Crippen molar-refractivity contribution in [3.63, 3.8) is 0 Å². The molecule has 0 bridgehead atoms. The predicted octanol–water partition coefficient (Wildman–Crippen LogP) is -0.168. The fourth-order valence-electron chi connectivity index (χ4n) is 1.84. The van der Waals surface area contributed by atoms with E-state index in [0.29, 0.717) is 0 Å². The van der Waals surface area contributed by atoms with Crippen LogP contribution >= 0.6 is 0 Å². The lowest BCUT2D eigenvalue weighted by Crippen LogP contribution is -2.50. The van der Waals surface area contributed by atoms with Crippen molar-refractivity contribution in [1.82, 2.24) is 10.6 Å². The third-order valence-corrected chi connectivity index (χ3v) is 3.93. The molecule has 6 N–H and O–H groups in total. The van der Waals surface area contributed by atoms with Gasteiger partial charge in [0.1, 0.15) is 13.2 Å². The van der Waals surface area contributed by atoms with Gasteiger partial charge in [0.15, 0.2) is 0 Å². The number of rotatable bonds is 10. The van der Waals surface area contributed by atoms with Gasteiger partial charge >= 0.3 is 11.9 Å². The average molecular weight is 431 g/mol. The Kier molecular flexibility index (Phi) is 9.46. The summed E-state index contributed by atoms with van der Waals surface area (Å²) in [7, 11) is 0. The summed E-state index contributed by atoms with van der Waals surface area (Å²) in [4.78, 5) is 48.3. The maximum atomic E-state index is 12.2. The fourth-order valence-corrected chi connectivity index (χ4v) is 1.84. The molecular formula is C20H38N4O6. The Labute approximate surface area is 178 Å². The van der Waals surface area contributed by atoms with Crippen LogP contribution in [0.5, 0.6) is 0 Å². The molecule has 0 saturated carbocycles. The van der Waals surface area contributed by atoms with E-state index in [-0.39, 0.29) is 38.1 Å². The zero-order valence-electron chi connectivity index (χ0n) is 19.4. The Morgan fingerprint density at radius 3 is 1.13 bits per heavy atom. The van der Waals surface area contributed by atoms with Crippen molar-refractivity contribution in [3.05, 3.63) is 0 Å². The van der Waals surface area contributed by atoms with Gasteiger partial charge in [-0.1, -0.05) is 0 Å². The van der Waals surface area contributed by atoms with Gasteiger partial charge in [-0.05, 0) is 55.4 Å². The van der Waals surface area contributed by atoms with E-state index in [2.05, 4.69) is 10.6 Å². The molecule has 30 heavy (non-hydrogen) atoms. The van der Waals surface area contributed by atoms with Crippen LogP contribution in [-0.2, 0) is 28.7 Å². The minimum Gasteiger partial charge on any atom is -0.456 e. The molecule has 0 saturated heterocycles. The number of ether oxygens (including phenoxy) is 2. The van der Waals surface area contributed by atoms with Crippen LogP contribution < -0.4 is 22.1 Å². The number of nitrogens with two attached hydrogens (primary N) is 2. The first kappa shape index (κ1) is 27.8. The van der Waals surface area contributed by atoms with Gasteiger partial charge in [0, 0.05) is 24.2 Å². The highest BCUT2D eigenvalue weighted by molar-refractivity contribution is 6.29. The molecule has 0 aromatic carbocycles. The third kappa shape index (κ3) is 11.1. The first-order valence-corrected chi connectivity index (χ1v) is 9.75. The molecule has 0 heterocycles.